The van der Waals surface area contributed by atoms with E-state index in [1.165, 1.54) is 42.6 Å². The second-order valence-electron chi connectivity index (χ2n) is 10.6. The molecule has 1 aliphatic heterocycles. The van der Waals surface area contributed by atoms with Crippen LogP contribution in [0, 0.1) is 54.3 Å². The number of carbonyl (C=O) groups excluding carboxylic acids is 2. The van der Waals surface area contributed by atoms with Gasteiger partial charge in [-0.3, -0.25) is 9.59 Å². The Balaban J connectivity index is 1.29. The third-order valence-corrected chi connectivity index (χ3v) is 9.03. The monoisotopic (exact) mass is 385 g/mol. The lowest BCUT2D eigenvalue weighted by Crippen LogP contribution is -2.41. The number of imide groups is 1. The highest BCUT2D eigenvalue weighted by Gasteiger charge is 2.63. The van der Waals surface area contributed by atoms with Crippen molar-refractivity contribution in [3.05, 3.63) is 53.1 Å². The van der Waals surface area contributed by atoms with E-state index >= 15 is 0 Å². The van der Waals surface area contributed by atoms with Crippen LogP contribution < -0.4 is 4.90 Å². The first kappa shape index (κ1) is 16.6. The van der Waals surface area contributed by atoms with Crippen molar-refractivity contribution in [3.8, 4) is 0 Å². The number of nitrogens with zero attached hydrogens (tertiary/aromatic N) is 1. The third-order valence-electron chi connectivity index (χ3n) is 9.03. The number of rotatable bonds is 1. The van der Waals surface area contributed by atoms with E-state index in [-0.39, 0.29) is 35.5 Å². The van der Waals surface area contributed by atoms with E-state index in [4.69, 9.17) is 0 Å². The average Bonchev–Trinajstić information content (AvgIpc) is 3.31. The van der Waals surface area contributed by atoms with E-state index in [0.717, 1.165) is 34.9 Å². The summed E-state index contributed by atoms with van der Waals surface area (Å²) in [5, 5.41) is 0. The molecule has 29 heavy (non-hydrogen) atoms. The minimum atomic E-state index is -0.169. The number of amides is 2. The van der Waals surface area contributed by atoms with Crippen LogP contribution in [0.2, 0.25) is 0 Å². The maximum absolute atomic E-state index is 13.5. The van der Waals surface area contributed by atoms with Gasteiger partial charge in [-0.05, 0) is 80.4 Å². The number of fused-ring (bicyclic) bond motifs is 5. The molecule has 5 saturated carbocycles. The molecule has 1 saturated heterocycles. The number of carbonyl (C=O) groups is 2. The zero-order chi connectivity index (χ0) is 19.4. The Bertz CT molecular complexity index is 953. The summed E-state index contributed by atoms with van der Waals surface area (Å²) in [4.78, 5) is 28.5. The van der Waals surface area contributed by atoms with E-state index in [1.807, 2.05) is 31.2 Å². The van der Waals surface area contributed by atoms with Gasteiger partial charge in [0.05, 0.1) is 17.5 Å². The molecule has 0 radical (unpaired) electrons. The Kier molecular flexibility index (Phi) is 3.15. The van der Waals surface area contributed by atoms with Crippen LogP contribution in [0.1, 0.15) is 37.7 Å². The normalized spacial score (nSPS) is 43.8. The van der Waals surface area contributed by atoms with Crippen molar-refractivity contribution < 1.29 is 9.59 Å². The molecule has 1 aromatic carbocycles. The van der Waals surface area contributed by atoms with E-state index in [1.54, 1.807) is 5.57 Å². The van der Waals surface area contributed by atoms with E-state index in [9.17, 15) is 9.59 Å². The standard InChI is InChI=1S/C26H27NO2/c1-13-3-2-4-18(7-13)27-25(28)23-19-5-6-20(24(23)26(27)29)22(19)21-16-9-14-8-15(11-16)12-17(21)10-14/h2-7,14-17,19-20,23-24H,8-12H2,1H3. The first-order chi connectivity index (χ1) is 14.1. The fourth-order valence-corrected chi connectivity index (χ4v) is 8.33. The van der Waals surface area contributed by atoms with Gasteiger partial charge in [0.15, 0.2) is 0 Å². The molecule has 2 amide bonds. The second kappa shape index (κ2) is 5.50. The predicted octanol–water partition coefficient (Wildman–Crippen LogP) is 4.67. The number of anilines is 1. The molecule has 0 aromatic heterocycles. The molecule has 0 N–H and O–H groups in total. The van der Waals surface area contributed by atoms with Gasteiger partial charge in [0.1, 0.15) is 0 Å². The smallest absolute Gasteiger partial charge is 0.238 e. The van der Waals surface area contributed by atoms with Crippen LogP contribution in [0.15, 0.2) is 47.6 Å². The molecule has 4 atom stereocenters. The van der Waals surface area contributed by atoms with Gasteiger partial charge in [-0.15, -0.1) is 0 Å². The van der Waals surface area contributed by atoms with Gasteiger partial charge in [0.25, 0.3) is 0 Å². The highest BCUT2D eigenvalue weighted by molar-refractivity contribution is 6.23. The maximum atomic E-state index is 13.5. The van der Waals surface area contributed by atoms with Gasteiger partial charge in [-0.25, -0.2) is 4.90 Å². The fraction of sp³-hybridized carbons (Fsp3) is 0.538. The Hall–Kier alpha value is -2.16. The minimum Gasteiger partial charge on any atom is -0.274 e. The van der Waals surface area contributed by atoms with Crippen LogP contribution in [0.25, 0.3) is 0 Å². The van der Waals surface area contributed by atoms with Crippen LogP contribution in [0.3, 0.4) is 0 Å². The molecule has 4 unspecified atom stereocenters. The molecule has 1 aromatic rings. The van der Waals surface area contributed by atoms with Crippen LogP contribution in [0.4, 0.5) is 5.69 Å². The van der Waals surface area contributed by atoms with E-state index in [0.29, 0.717) is 0 Å². The first-order valence-electron chi connectivity index (χ1n) is 11.5. The SMILES string of the molecule is Cc1cccc(N2C(=O)C3C4C=CC(C4=C4C5CC6CC(C5)CC4C6)C3C2=O)c1. The molecule has 6 aliphatic carbocycles. The molecular weight excluding hydrogens is 358 g/mol. The van der Waals surface area contributed by atoms with Gasteiger partial charge >= 0.3 is 0 Å². The van der Waals surface area contributed by atoms with Gasteiger partial charge in [-0.2, -0.15) is 0 Å². The van der Waals surface area contributed by atoms with Crippen molar-refractivity contribution in [2.75, 3.05) is 4.90 Å². The molecule has 7 aliphatic rings. The lowest BCUT2D eigenvalue weighted by molar-refractivity contribution is -0.122. The predicted molar refractivity (Wildman–Crippen MR) is 111 cm³/mol. The van der Waals surface area contributed by atoms with Crippen LogP contribution in [-0.2, 0) is 9.59 Å². The lowest BCUT2D eigenvalue weighted by atomic mass is 9.53. The summed E-state index contributed by atoms with van der Waals surface area (Å²) in [6.07, 6.45) is 11.4. The summed E-state index contributed by atoms with van der Waals surface area (Å²) >= 11 is 0. The highest BCUT2D eigenvalue weighted by Crippen LogP contribution is 2.63. The molecule has 3 nitrogen and oxygen atoms in total. The van der Waals surface area contributed by atoms with E-state index in [2.05, 4.69) is 12.2 Å². The molecule has 0 spiro atoms. The summed E-state index contributed by atoms with van der Waals surface area (Å²) in [5.74, 6) is 3.42. The highest BCUT2D eigenvalue weighted by atomic mass is 16.2. The molecule has 148 valence electrons. The van der Waals surface area contributed by atoms with Gasteiger partial charge in [0, 0.05) is 11.8 Å². The number of aryl methyl sites for hydroxylation is 1. The second-order valence-corrected chi connectivity index (χ2v) is 10.6. The molecule has 6 bridgehead atoms. The fourth-order valence-electron chi connectivity index (χ4n) is 8.33. The van der Waals surface area contributed by atoms with Crippen molar-refractivity contribution in [1.82, 2.24) is 0 Å². The summed E-state index contributed by atoms with van der Waals surface area (Å²) < 4.78 is 0. The van der Waals surface area contributed by atoms with Crippen molar-refractivity contribution in [1.29, 1.82) is 0 Å². The van der Waals surface area contributed by atoms with Gasteiger partial charge < -0.3 is 0 Å². The zero-order valence-electron chi connectivity index (χ0n) is 16.9. The average molecular weight is 386 g/mol. The topological polar surface area (TPSA) is 37.4 Å². The van der Waals surface area contributed by atoms with Crippen molar-refractivity contribution in [2.45, 2.75) is 39.0 Å². The Morgan fingerprint density at radius 1 is 0.793 bits per heavy atom. The van der Waals surface area contributed by atoms with Gasteiger partial charge in [-0.1, -0.05) is 35.4 Å². The molecule has 8 rings (SSSR count). The third kappa shape index (κ3) is 2.04. The lowest BCUT2D eigenvalue weighted by Gasteiger charge is -2.52. The van der Waals surface area contributed by atoms with Crippen molar-refractivity contribution in [2.24, 2.45) is 47.3 Å². The summed E-state index contributed by atoms with van der Waals surface area (Å²) in [5.41, 5.74) is 5.05. The Morgan fingerprint density at radius 3 is 1.93 bits per heavy atom. The summed E-state index contributed by atoms with van der Waals surface area (Å²) in [7, 11) is 0. The number of hydrogen-bond acceptors (Lipinski definition) is 2. The number of hydrogen-bond donors (Lipinski definition) is 0. The molecule has 3 heteroatoms. The largest absolute Gasteiger partial charge is 0.274 e. The maximum Gasteiger partial charge on any atom is 0.238 e. The van der Waals surface area contributed by atoms with Crippen molar-refractivity contribution >= 4 is 17.5 Å². The summed E-state index contributed by atoms with van der Waals surface area (Å²) in [6.45, 7) is 2.01. The molecule has 6 fully saturated rings. The summed E-state index contributed by atoms with van der Waals surface area (Å²) in [6, 6.07) is 7.81. The van der Waals surface area contributed by atoms with Crippen molar-refractivity contribution in [3.63, 3.8) is 0 Å². The van der Waals surface area contributed by atoms with Crippen LogP contribution in [0.5, 0.6) is 0 Å². The first-order valence-corrected chi connectivity index (χ1v) is 11.5. The molecular formula is C26H27NO2. The van der Waals surface area contributed by atoms with Crippen LogP contribution >= 0.6 is 0 Å². The Morgan fingerprint density at radius 2 is 1.38 bits per heavy atom. The minimum absolute atomic E-state index is 0.0318. The van der Waals surface area contributed by atoms with Crippen LogP contribution in [-0.4, -0.2) is 11.8 Å². The number of allylic oxidation sites excluding steroid dienone is 4. The zero-order valence-corrected chi connectivity index (χ0v) is 16.9. The van der Waals surface area contributed by atoms with Gasteiger partial charge in [0.2, 0.25) is 11.8 Å². The number of benzene rings is 1. The Labute approximate surface area is 171 Å². The molecule has 1 heterocycles. The van der Waals surface area contributed by atoms with E-state index < -0.39 is 0 Å². The quantitative estimate of drug-likeness (QED) is 0.520.